The average molecular weight is 138 g/mol. The summed E-state index contributed by atoms with van der Waals surface area (Å²) in [6.07, 6.45) is 0. The predicted molar refractivity (Wildman–Crippen MR) is 24.3 cm³/mol. The van der Waals surface area contributed by atoms with Gasteiger partial charge in [0.1, 0.15) is 0 Å². The van der Waals surface area contributed by atoms with Crippen molar-refractivity contribution in [3.8, 4) is 0 Å². The highest BCUT2D eigenvalue weighted by Crippen LogP contribution is 1.78. The first-order valence-corrected chi connectivity index (χ1v) is 0.926. The fourth-order valence-electron chi connectivity index (χ4n) is 0. The molecule has 5 radical (unpaired) electrons. The van der Waals surface area contributed by atoms with Gasteiger partial charge in [0.15, 0.2) is 0 Å². The maximum atomic E-state index is 4.26. The van der Waals surface area contributed by atoms with Crippen LogP contribution in [0.2, 0.25) is 0 Å². The summed E-state index contributed by atoms with van der Waals surface area (Å²) in [4.78, 5) is 0. The molecule has 0 saturated heterocycles. The first-order chi connectivity index (χ1) is 1.41. The Morgan fingerprint density at radius 3 is 1.20 bits per heavy atom. The van der Waals surface area contributed by atoms with Gasteiger partial charge in [-0.1, -0.05) is 0 Å². The highest BCUT2D eigenvalue weighted by atomic mass is 35.6. The fourth-order valence-corrected chi connectivity index (χ4v) is 0. The van der Waals surface area contributed by atoms with Gasteiger partial charge in [-0.25, -0.2) is 0 Å². The van der Waals surface area contributed by atoms with E-state index in [2.05, 4.69) is 27.6 Å². The molecule has 1 nitrogen and oxygen atoms in total. The minimum atomic E-state index is 0. The lowest BCUT2D eigenvalue weighted by molar-refractivity contribution is 0.697. The highest BCUT2D eigenvalue weighted by Gasteiger charge is 1.38. The summed E-state index contributed by atoms with van der Waals surface area (Å²) < 4.78 is 3.19. The summed E-state index contributed by atoms with van der Waals surface area (Å²) in [5.41, 5.74) is 0. The van der Waals surface area contributed by atoms with E-state index in [1.54, 1.807) is 0 Å². The quantitative estimate of drug-likeness (QED) is 0.444. The van der Waals surface area contributed by atoms with Gasteiger partial charge in [0.2, 0.25) is 0 Å². The van der Waals surface area contributed by atoms with E-state index in [9.17, 15) is 0 Å². The van der Waals surface area contributed by atoms with Gasteiger partial charge < -0.3 is 0 Å². The third kappa shape index (κ3) is 25.4. The molecule has 0 rings (SSSR count). The molecule has 0 heterocycles. The maximum Gasteiger partial charge on any atom is 0.0832 e. The van der Waals surface area contributed by atoms with Crippen molar-refractivity contribution in [1.29, 1.82) is 0 Å². The van der Waals surface area contributed by atoms with Crippen LogP contribution in [0.5, 0.6) is 0 Å². The van der Waals surface area contributed by atoms with E-state index in [-0.39, 0.29) is 40.4 Å². The van der Waals surface area contributed by atoms with Crippen LogP contribution in [-0.2, 0) is 3.84 Å². The van der Waals surface area contributed by atoms with E-state index in [4.69, 9.17) is 0 Å². The largest absolute Gasteiger partial charge is 0.166 e. The molecule has 0 bridgehead atoms. The Hall–Kier alpha value is 1.84. The second-order valence-corrected chi connectivity index (χ2v) is 0.525. The molecule has 0 spiro atoms. The van der Waals surface area contributed by atoms with E-state index in [1.807, 2.05) is 0 Å². The van der Waals surface area contributed by atoms with Crippen molar-refractivity contribution < 1.29 is 3.84 Å². The van der Waals surface area contributed by atoms with Crippen molar-refractivity contribution in [2.24, 2.45) is 0 Å². The van der Waals surface area contributed by atoms with Gasteiger partial charge in [-0.05, 0) is 0 Å². The van der Waals surface area contributed by atoms with Crippen LogP contribution in [0, 0.1) is 0 Å². The number of rotatable bonds is 0. The molecule has 0 aromatic carbocycles. The summed E-state index contributed by atoms with van der Waals surface area (Å²) in [6, 6.07) is 0. The lowest BCUT2D eigenvalue weighted by Crippen LogP contribution is -1.15. The average Bonchev–Trinajstić information content (AvgIpc) is 0.918. The molecule has 0 aliphatic rings. The van der Waals surface area contributed by atoms with E-state index in [0.717, 1.165) is 0 Å². The molecule has 0 aliphatic carbocycles. The van der Waals surface area contributed by atoms with Gasteiger partial charge in [0, 0.05) is 40.4 Å². The molecule has 0 aromatic heterocycles. The fraction of sp³-hybridized carbons (Fsp3) is 0. The summed E-state index contributed by atoms with van der Waals surface area (Å²) in [5, 5.41) is 0. The molecule has 5 heteroatoms. The third-order valence-electron chi connectivity index (χ3n) is 0. The molecule has 0 amide bonds. The van der Waals surface area contributed by atoms with Crippen LogP contribution in [0.25, 0.3) is 0 Å². The molecular weight excluding hydrogens is 138 g/mol. The molecule has 0 saturated carbocycles. The molecule has 0 N–H and O–H groups in total. The van der Waals surface area contributed by atoms with Crippen molar-refractivity contribution in [3.05, 3.63) is 0 Å². The molecule has 0 fully saturated rings. The third-order valence-corrected chi connectivity index (χ3v) is 0. The molecular formula is AlCl2MgO. The second-order valence-electron chi connectivity index (χ2n) is 0.0583. The van der Waals surface area contributed by atoms with E-state index in [1.165, 1.54) is 0 Å². The highest BCUT2D eigenvalue weighted by molar-refractivity contribution is 6.24. The predicted octanol–water partition coefficient (Wildman–Crippen LogP) is 0.549. The normalized spacial score (nSPS) is 3.60. The number of hydrogen-bond donors (Lipinski definition) is 0. The Balaban J connectivity index is -0.0000000200. The Labute approximate surface area is 67.6 Å². The van der Waals surface area contributed by atoms with Gasteiger partial charge in [-0.15, -0.1) is 0 Å². The summed E-state index contributed by atoms with van der Waals surface area (Å²) in [5.74, 6) is 0. The Bertz CT molecular complexity index is 9.61. The SMILES string of the molecule is ClOCl.[Al].[Mg]. The number of hydrogen-bond acceptors (Lipinski definition) is 1. The van der Waals surface area contributed by atoms with Crippen LogP contribution < -0.4 is 0 Å². The van der Waals surface area contributed by atoms with Crippen molar-refractivity contribution in [1.82, 2.24) is 0 Å². The van der Waals surface area contributed by atoms with Crippen LogP contribution >= 0.6 is 23.7 Å². The maximum absolute atomic E-state index is 4.26. The molecule has 5 heavy (non-hydrogen) atoms. The molecule has 25 valence electrons. The molecule has 0 unspecified atom stereocenters. The van der Waals surface area contributed by atoms with Gasteiger partial charge >= 0.3 is 0 Å². The van der Waals surface area contributed by atoms with Crippen LogP contribution in [-0.4, -0.2) is 40.4 Å². The zero-order chi connectivity index (χ0) is 2.71. The second kappa shape index (κ2) is 17.0. The standard InChI is InChI=1S/Al.Cl2O.Mg/c;1-3-2;. The van der Waals surface area contributed by atoms with Gasteiger partial charge in [0.05, 0.1) is 23.7 Å². The Morgan fingerprint density at radius 1 is 1.20 bits per heavy atom. The minimum Gasteiger partial charge on any atom is -0.166 e. The lowest BCUT2D eigenvalue weighted by Gasteiger charge is -1.46. The van der Waals surface area contributed by atoms with Gasteiger partial charge in [-0.2, -0.15) is 3.84 Å². The van der Waals surface area contributed by atoms with E-state index in [0.29, 0.717) is 0 Å². The van der Waals surface area contributed by atoms with Crippen LogP contribution in [0.4, 0.5) is 0 Å². The van der Waals surface area contributed by atoms with Crippen LogP contribution in [0.1, 0.15) is 0 Å². The zero-order valence-electron chi connectivity index (χ0n) is 2.45. The van der Waals surface area contributed by atoms with E-state index < -0.39 is 0 Å². The van der Waals surface area contributed by atoms with Gasteiger partial charge in [0.25, 0.3) is 0 Å². The number of halogens is 2. The molecule has 0 aliphatic heterocycles. The first-order valence-electron chi connectivity index (χ1n) is 0.309. The Kier molecular flexibility index (Phi) is 53.7. The van der Waals surface area contributed by atoms with Gasteiger partial charge in [-0.3, -0.25) is 0 Å². The van der Waals surface area contributed by atoms with E-state index >= 15 is 0 Å². The van der Waals surface area contributed by atoms with Crippen molar-refractivity contribution in [2.75, 3.05) is 0 Å². The minimum absolute atomic E-state index is 0. The summed E-state index contributed by atoms with van der Waals surface area (Å²) >= 11 is 8.53. The lowest BCUT2D eigenvalue weighted by atomic mass is 15.9. The monoisotopic (exact) mass is 137 g/mol. The van der Waals surface area contributed by atoms with Crippen molar-refractivity contribution in [2.45, 2.75) is 0 Å². The zero-order valence-corrected chi connectivity index (χ0v) is 6.53. The molecule has 0 aromatic rings. The van der Waals surface area contributed by atoms with Crippen LogP contribution in [0.3, 0.4) is 0 Å². The summed E-state index contributed by atoms with van der Waals surface area (Å²) in [6.45, 7) is 0. The van der Waals surface area contributed by atoms with Crippen molar-refractivity contribution in [3.63, 3.8) is 0 Å². The Morgan fingerprint density at radius 2 is 1.20 bits per heavy atom. The molecule has 0 atom stereocenters. The smallest absolute Gasteiger partial charge is 0.0832 e. The first kappa shape index (κ1) is 15.8. The van der Waals surface area contributed by atoms with Crippen LogP contribution in [0.15, 0.2) is 0 Å². The van der Waals surface area contributed by atoms with Crippen molar-refractivity contribution >= 4 is 64.1 Å². The topological polar surface area (TPSA) is 9.23 Å². The summed E-state index contributed by atoms with van der Waals surface area (Å²) in [7, 11) is 0.